The van der Waals surface area contributed by atoms with Crippen molar-refractivity contribution in [1.82, 2.24) is 0 Å². The molecule has 2 aromatic rings. The number of ether oxygens (including phenoxy) is 1. The molecule has 25 heavy (non-hydrogen) atoms. The van der Waals surface area contributed by atoms with E-state index in [9.17, 15) is 4.79 Å². The molecule has 0 aliphatic carbocycles. The Morgan fingerprint density at radius 3 is 2.08 bits per heavy atom. The van der Waals surface area contributed by atoms with Crippen molar-refractivity contribution in [2.45, 2.75) is 46.6 Å². The quantitative estimate of drug-likeness (QED) is 0.738. The van der Waals surface area contributed by atoms with Gasteiger partial charge in [-0.25, -0.2) is 4.79 Å². The van der Waals surface area contributed by atoms with Crippen molar-refractivity contribution in [1.29, 1.82) is 0 Å². The summed E-state index contributed by atoms with van der Waals surface area (Å²) in [5, 5.41) is 9.04. The Labute approximate surface area is 150 Å². The van der Waals surface area contributed by atoms with Crippen LogP contribution in [0.4, 0.5) is 0 Å². The van der Waals surface area contributed by atoms with Crippen molar-refractivity contribution in [3.63, 3.8) is 0 Å². The van der Waals surface area contributed by atoms with Gasteiger partial charge in [0.25, 0.3) is 0 Å². The lowest BCUT2D eigenvalue weighted by atomic mass is 9.90. The van der Waals surface area contributed by atoms with Gasteiger partial charge in [0, 0.05) is 0 Å². The summed E-state index contributed by atoms with van der Waals surface area (Å²) < 4.78 is 5.98. The first-order valence-corrected chi connectivity index (χ1v) is 8.55. The van der Waals surface area contributed by atoms with Crippen molar-refractivity contribution in [3.8, 4) is 5.75 Å². The minimum absolute atomic E-state index is 0.120. The molecule has 0 radical (unpaired) electrons. The largest absolute Gasteiger partial charge is 0.491 e. The first-order chi connectivity index (χ1) is 11.7. The van der Waals surface area contributed by atoms with E-state index in [0.717, 1.165) is 33.6 Å². The molecule has 2 aromatic carbocycles. The normalized spacial score (nSPS) is 11.0. The molecule has 0 saturated carbocycles. The van der Waals surface area contributed by atoms with Crippen molar-refractivity contribution in [2.24, 2.45) is 0 Å². The number of benzene rings is 2. The third-order valence-corrected chi connectivity index (χ3v) is 4.15. The number of carboxylic acids is 1. The Morgan fingerprint density at radius 2 is 1.60 bits per heavy atom. The zero-order valence-electron chi connectivity index (χ0n) is 15.6. The second kappa shape index (κ2) is 7.56. The molecule has 0 aliphatic rings. The van der Waals surface area contributed by atoms with Crippen LogP contribution in [0.15, 0.2) is 43.0 Å². The van der Waals surface area contributed by atoms with E-state index in [4.69, 9.17) is 9.84 Å². The molecular weight excluding hydrogens is 312 g/mol. The maximum atomic E-state index is 11.0. The summed E-state index contributed by atoms with van der Waals surface area (Å²) in [6, 6.07) is 11.0. The van der Waals surface area contributed by atoms with Gasteiger partial charge in [0.15, 0.2) is 0 Å². The maximum absolute atomic E-state index is 11.0. The minimum Gasteiger partial charge on any atom is -0.491 e. The smallest absolute Gasteiger partial charge is 0.335 e. The van der Waals surface area contributed by atoms with Gasteiger partial charge >= 0.3 is 5.97 Å². The van der Waals surface area contributed by atoms with Gasteiger partial charge in [-0.05, 0) is 78.8 Å². The van der Waals surface area contributed by atoms with E-state index in [1.54, 1.807) is 24.3 Å². The Balaban J connectivity index is 2.45. The van der Waals surface area contributed by atoms with Crippen LogP contribution in [0, 0.1) is 6.92 Å². The molecule has 0 fully saturated rings. The zero-order chi connectivity index (χ0) is 18.7. The molecule has 132 valence electrons. The van der Waals surface area contributed by atoms with Crippen LogP contribution in [-0.2, 0) is 0 Å². The van der Waals surface area contributed by atoms with Crippen LogP contribution < -0.4 is 4.74 Å². The van der Waals surface area contributed by atoms with Crippen LogP contribution in [0.1, 0.15) is 66.2 Å². The van der Waals surface area contributed by atoms with E-state index in [1.165, 1.54) is 0 Å². The standard InChI is InChI=1S/C22H26O3/c1-13(2)19-12-20(15(5)11-21(19)25-14(3)4)16(6)17-7-9-18(10-8-17)22(23)24/h7-14H,6H2,1-5H3,(H,23,24). The van der Waals surface area contributed by atoms with Gasteiger partial charge in [-0.2, -0.15) is 0 Å². The van der Waals surface area contributed by atoms with Gasteiger partial charge in [0.05, 0.1) is 11.7 Å². The highest BCUT2D eigenvalue weighted by atomic mass is 16.5. The molecular formula is C22H26O3. The number of carbonyl (C=O) groups is 1. The second-order valence-electron chi connectivity index (χ2n) is 6.89. The Morgan fingerprint density at radius 1 is 1.04 bits per heavy atom. The Kier molecular flexibility index (Phi) is 5.68. The van der Waals surface area contributed by atoms with E-state index in [2.05, 4.69) is 32.6 Å². The zero-order valence-corrected chi connectivity index (χ0v) is 15.6. The lowest BCUT2D eigenvalue weighted by Gasteiger charge is -2.20. The fourth-order valence-electron chi connectivity index (χ4n) is 2.80. The van der Waals surface area contributed by atoms with E-state index < -0.39 is 5.97 Å². The highest BCUT2D eigenvalue weighted by molar-refractivity contribution is 5.89. The van der Waals surface area contributed by atoms with Crippen LogP contribution >= 0.6 is 0 Å². The van der Waals surface area contributed by atoms with E-state index in [1.807, 2.05) is 20.8 Å². The van der Waals surface area contributed by atoms with Crippen molar-refractivity contribution >= 4 is 11.5 Å². The molecule has 1 N–H and O–H groups in total. The molecule has 0 unspecified atom stereocenters. The topological polar surface area (TPSA) is 46.5 Å². The number of rotatable bonds is 6. The highest BCUT2D eigenvalue weighted by Gasteiger charge is 2.15. The summed E-state index contributed by atoms with van der Waals surface area (Å²) in [5.74, 6) is 0.321. The van der Waals surface area contributed by atoms with Crippen LogP contribution in [-0.4, -0.2) is 17.2 Å². The molecule has 0 spiro atoms. The van der Waals surface area contributed by atoms with Crippen LogP contribution in [0.5, 0.6) is 5.75 Å². The highest BCUT2D eigenvalue weighted by Crippen LogP contribution is 2.34. The number of aryl methyl sites for hydroxylation is 1. The number of hydrogen-bond donors (Lipinski definition) is 1. The summed E-state index contributed by atoms with van der Waals surface area (Å²) in [6.07, 6.45) is 0.120. The number of hydrogen-bond acceptors (Lipinski definition) is 2. The molecule has 0 heterocycles. The summed E-state index contributed by atoms with van der Waals surface area (Å²) in [5.41, 5.74) is 5.37. The van der Waals surface area contributed by atoms with Gasteiger partial charge in [-0.3, -0.25) is 0 Å². The Bertz CT molecular complexity index is 784. The summed E-state index contributed by atoms with van der Waals surface area (Å²) in [7, 11) is 0. The average Bonchev–Trinajstić information content (AvgIpc) is 2.53. The molecule has 3 nitrogen and oxygen atoms in total. The lowest BCUT2D eigenvalue weighted by molar-refractivity contribution is 0.0697. The molecule has 0 aromatic heterocycles. The van der Waals surface area contributed by atoms with Crippen LogP contribution in [0.2, 0.25) is 0 Å². The Hall–Kier alpha value is -2.55. The molecule has 0 saturated heterocycles. The third-order valence-electron chi connectivity index (χ3n) is 4.15. The predicted molar refractivity (Wildman–Crippen MR) is 103 cm³/mol. The summed E-state index contributed by atoms with van der Waals surface area (Å²) in [4.78, 5) is 11.0. The molecule has 0 atom stereocenters. The molecule has 0 amide bonds. The van der Waals surface area contributed by atoms with Gasteiger partial charge in [0.2, 0.25) is 0 Å². The summed E-state index contributed by atoms with van der Waals surface area (Å²) >= 11 is 0. The first-order valence-electron chi connectivity index (χ1n) is 8.55. The predicted octanol–water partition coefficient (Wildman–Crippen LogP) is 5.67. The first kappa shape index (κ1) is 18.8. The van der Waals surface area contributed by atoms with Crippen molar-refractivity contribution in [2.75, 3.05) is 0 Å². The molecule has 0 bridgehead atoms. The maximum Gasteiger partial charge on any atom is 0.335 e. The number of carboxylic acid groups (broad SMARTS) is 1. The molecule has 3 heteroatoms. The summed E-state index contributed by atoms with van der Waals surface area (Å²) in [6.45, 7) is 14.6. The van der Waals surface area contributed by atoms with Crippen LogP contribution in [0.3, 0.4) is 0 Å². The van der Waals surface area contributed by atoms with E-state index in [-0.39, 0.29) is 11.7 Å². The fourth-order valence-corrected chi connectivity index (χ4v) is 2.80. The second-order valence-corrected chi connectivity index (χ2v) is 6.89. The fraction of sp³-hybridized carbons (Fsp3) is 0.318. The third kappa shape index (κ3) is 4.30. The van der Waals surface area contributed by atoms with Crippen molar-refractivity contribution < 1.29 is 14.6 Å². The van der Waals surface area contributed by atoms with Gasteiger partial charge < -0.3 is 9.84 Å². The molecule has 2 rings (SSSR count). The SMILES string of the molecule is C=C(c1ccc(C(=O)O)cc1)c1cc(C(C)C)c(OC(C)C)cc1C. The lowest BCUT2D eigenvalue weighted by Crippen LogP contribution is -2.09. The van der Waals surface area contributed by atoms with E-state index >= 15 is 0 Å². The number of aromatic carboxylic acids is 1. The monoisotopic (exact) mass is 338 g/mol. The van der Waals surface area contributed by atoms with Crippen LogP contribution in [0.25, 0.3) is 5.57 Å². The van der Waals surface area contributed by atoms with Gasteiger partial charge in [0.1, 0.15) is 5.75 Å². The van der Waals surface area contributed by atoms with Gasteiger partial charge in [-0.1, -0.05) is 32.6 Å². The van der Waals surface area contributed by atoms with E-state index in [0.29, 0.717) is 5.92 Å². The minimum atomic E-state index is -0.925. The van der Waals surface area contributed by atoms with Crippen molar-refractivity contribution in [3.05, 3.63) is 70.8 Å². The van der Waals surface area contributed by atoms with Gasteiger partial charge in [-0.15, -0.1) is 0 Å². The molecule has 0 aliphatic heterocycles. The average molecular weight is 338 g/mol.